The fourth-order valence-electron chi connectivity index (χ4n) is 2.04. The molecule has 0 spiro atoms. The van der Waals surface area contributed by atoms with Crippen LogP contribution in [0.1, 0.15) is 47.5 Å². The van der Waals surface area contributed by atoms with Crippen LogP contribution in [0.2, 0.25) is 0 Å². The fourth-order valence-corrected chi connectivity index (χ4v) is 2.04. The molecule has 0 aromatic carbocycles. The van der Waals surface area contributed by atoms with Crippen LogP contribution in [0.25, 0.3) is 0 Å². The molecular formula is C17H38IN3O2. The molecule has 0 aromatic rings. The Balaban J connectivity index is 0. The van der Waals surface area contributed by atoms with E-state index in [2.05, 4.69) is 43.3 Å². The molecule has 0 aliphatic rings. The van der Waals surface area contributed by atoms with Crippen LogP contribution in [0.3, 0.4) is 0 Å². The van der Waals surface area contributed by atoms with Crippen molar-refractivity contribution < 1.29 is 9.47 Å². The molecule has 23 heavy (non-hydrogen) atoms. The third-order valence-electron chi connectivity index (χ3n) is 3.45. The van der Waals surface area contributed by atoms with Crippen LogP contribution in [0.5, 0.6) is 0 Å². The molecular weight excluding hydrogens is 405 g/mol. The van der Waals surface area contributed by atoms with Crippen molar-refractivity contribution in [2.24, 2.45) is 16.8 Å². The summed E-state index contributed by atoms with van der Waals surface area (Å²) in [5.41, 5.74) is 0. The van der Waals surface area contributed by atoms with Gasteiger partial charge in [0.15, 0.2) is 5.96 Å². The standard InChI is InChI=1S/C17H37N3O2.HI/c1-7-22-16(15(4)5)8-10-19-17(18-6)20-11-13-21-12-9-14(2)3;/h14-16H,7-13H2,1-6H3,(H2,18,19,20);1H. The van der Waals surface area contributed by atoms with Gasteiger partial charge in [-0.3, -0.25) is 4.99 Å². The van der Waals surface area contributed by atoms with E-state index in [1.165, 1.54) is 0 Å². The van der Waals surface area contributed by atoms with Gasteiger partial charge >= 0.3 is 0 Å². The maximum Gasteiger partial charge on any atom is 0.191 e. The van der Waals surface area contributed by atoms with Crippen LogP contribution in [0, 0.1) is 11.8 Å². The van der Waals surface area contributed by atoms with E-state index in [1.807, 2.05) is 6.92 Å². The zero-order chi connectivity index (χ0) is 16.8. The number of rotatable bonds is 12. The highest BCUT2D eigenvalue weighted by Crippen LogP contribution is 2.09. The Morgan fingerprint density at radius 2 is 1.65 bits per heavy atom. The van der Waals surface area contributed by atoms with E-state index >= 15 is 0 Å². The van der Waals surface area contributed by atoms with Crippen molar-refractivity contribution in [2.75, 3.05) is 40.0 Å². The maximum absolute atomic E-state index is 5.74. The van der Waals surface area contributed by atoms with E-state index in [0.29, 0.717) is 24.5 Å². The summed E-state index contributed by atoms with van der Waals surface area (Å²) in [6.45, 7) is 14.8. The molecule has 0 saturated heterocycles. The topological polar surface area (TPSA) is 54.9 Å². The minimum absolute atomic E-state index is 0. The predicted octanol–water partition coefficient (Wildman–Crippen LogP) is 3.28. The lowest BCUT2D eigenvalue weighted by Gasteiger charge is -2.21. The van der Waals surface area contributed by atoms with Gasteiger partial charge in [0.2, 0.25) is 0 Å². The van der Waals surface area contributed by atoms with Gasteiger partial charge in [0.05, 0.1) is 12.7 Å². The zero-order valence-electron chi connectivity index (χ0n) is 15.9. The van der Waals surface area contributed by atoms with Crippen molar-refractivity contribution in [2.45, 2.75) is 53.6 Å². The first-order valence-electron chi connectivity index (χ1n) is 8.65. The van der Waals surface area contributed by atoms with E-state index in [0.717, 1.165) is 45.1 Å². The van der Waals surface area contributed by atoms with E-state index in [4.69, 9.17) is 9.47 Å². The van der Waals surface area contributed by atoms with Gasteiger partial charge in [-0.1, -0.05) is 27.7 Å². The molecule has 1 atom stereocenters. The molecule has 0 amide bonds. The quantitative estimate of drug-likeness (QED) is 0.210. The molecule has 0 bridgehead atoms. The van der Waals surface area contributed by atoms with E-state index < -0.39 is 0 Å². The molecule has 0 aromatic heterocycles. The monoisotopic (exact) mass is 443 g/mol. The number of ether oxygens (including phenoxy) is 2. The summed E-state index contributed by atoms with van der Waals surface area (Å²) >= 11 is 0. The molecule has 2 N–H and O–H groups in total. The first-order chi connectivity index (χ1) is 10.5. The molecule has 0 heterocycles. The average molecular weight is 443 g/mol. The number of hydrogen-bond acceptors (Lipinski definition) is 3. The molecule has 0 radical (unpaired) electrons. The van der Waals surface area contributed by atoms with E-state index in [1.54, 1.807) is 7.05 Å². The Kier molecular flexibility index (Phi) is 18.3. The van der Waals surface area contributed by atoms with Crippen molar-refractivity contribution in [3.63, 3.8) is 0 Å². The van der Waals surface area contributed by atoms with E-state index in [9.17, 15) is 0 Å². The van der Waals surface area contributed by atoms with Gasteiger partial charge in [-0.15, -0.1) is 24.0 Å². The summed E-state index contributed by atoms with van der Waals surface area (Å²) in [6, 6.07) is 0. The Hall–Kier alpha value is -0.0800. The van der Waals surface area contributed by atoms with Crippen molar-refractivity contribution in [3.8, 4) is 0 Å². The third-order valence-corrected chi connectivity index (χ3v) is 3.45. The second kappa shape index (κ2) is 16.8. The Labute approximate surface area is 160 Å². The Morgan fingerprint density at radius 3 is 2.17 bits per heavy atom. The van der Waals surface area contributed by atoms with Crippen LogP contribution < -0.4 is 10.6 Å². The number of nitrogens with zero attached hydrogens (tertiary/aromatic N) is 1. The van der Waals surface area contributed by atoms with Gasteiger partial charge in [0.25, 0.3) is 0 Å². The van der Waals surface area contributed by atoms with Gasteiger partial charge in [-0.2, -0.15) is 0 Å². The van der Waals surface area contributed by atoms with Gasteiger partial charge in [0, 0.05) is 33.4 Å². The highest BCUT2D eigenvalue weighted by atomic mass is 127. The van der Waals surface area contributed by atoms with Crippen LogP contribution in [-0.2, 0) is 9.47 Å². The molecule has 0 rings (SSSR count). The van der Waals surface area contributed by atoms with Crippen molar-refractivity contribution in [1.82, 2.24) is 10.6 Å². The maximum atomic E-state index is 5.74. The van der Waals surface area contributed by atoms with Gasteiger partial charge < -0.3 is 20.1 Å². The Bertz CT molecular complexity index is 287. The molecule has 0 fully saturated rings. The first-order valence-corrected chi connectivity index (χ1v) is 8.65. The highest BCUT2D eigenvalue weighted by Gasteiger charge is 2.12. The molecule has 0 saturated carbocycles. The Morgan fingerprint density at radius 1 is 1.00 bits per heavy atom. The predicted molar refractivity (Wildman–Crippen MR) is 110 cm³/mol. The van der Waals surface area contributed by atoms with Gasteiger partial charge in [-0.25, -0.2) is 0 Å². The number of halogens is 1. The normalized spacial score (nSPS) is 13.1. The van der Waals surface area contributed by atoms with Gasteiger partial charge in [-0.05, 0) is 31.6 Å². The van der Waals surface area contributed by atoms with Crippen LogP contribution in [-0.4, -0.2) is 52.0 Å². The number of hydrogen-bond donors (Lipinski definition) is 2. The van der Waals surface area contributed by atoms with Crippen LogP contribution in [0.15, 0.2) is 4.99 Å². The van der Waals surface area contributed by atoms with Crippen LogP contribution >= 0.6 is 24.0 Å². The number of guanidine groups is 1. The summed E-state index contributed by atoms with van der Waals surface area (Å²) in [4.78, 5) is 4.22. The summed E-state index contributed by atoms with van der Waals surface area (Å²) in [6.07, 6.45) is 2.40. The molecule has 0 aliphatic carbocycles. The minimum atomic E-state index is 0. The van der Waals surface area contributed by atoms with E-state index in [-0.39, 0.29) is 24.0 Å². The lowest BCUT2D eigenvalue weighted by Crippen LogP contribution is -2.40. The average Bonchev–Trinajstić information content (AvgIpc) is 2.47. The molecule has 5 nitrogen and oxygen atoms in total. The molecule has 1 unspecified atom stereocenters. The molecule has 6 heteroatoms. The SMILES string of the molecule is CCOC(CCNC(=NC)NCCOCCC(C)C)C(C)C.I. The lowest BCUT2D eigenvalue weighted by molar-refractivity contribution is 0.0258. The second-order valence-electron chi connectivity index (χ2n) is 6.25. The summed E-state index contributed by atoms with van der Waals surface area (Å²) < 4.78 is 11.3. The fraction of sp³-hybridized carbons (Fsp3) is 0.941. The molecule has 0 aliphatic heterocycles. The smallest absolute Gasteiger partial charge is 0.191 e. The first kappa shape index (κ1) is 25.2. The molecule has 140 valence electrons. The summed E-state index contributed by atoms with van der Waals surface area (Å²) in [7, 11) is 1.79. The van der Waals surface area contributed by atoms with Crippen molar-refractivity contribution >= 4 is 29.9 Å². The van der Waals surface area contributed by atoms with Crippen LogP contribution in [0.4, 0.5) is 0 Å². The van der Waals surface area contributed by atoms with Crippen molar-refractivity contribution in [3.05, 3.63) is 0 Å². The lowest BCUT2D eigenvalue weighted by atomic mass is 10.0. The number of aliphatic imine (C=N–C) groups is 1. The van der Waals surface area contributed by atoms with Crippen molar-refractivity contribution in [1.29, 1.82) is 0 Å². The summed E-state index contributed by atoms with van der Waals surface area (Å²) in [5, 5.41) is 6.59. The largest absolute Gasteiger partial charge is 0.380 e. The summed E-state index contributed by atoms with van der Waals surface area (Å²) in [5.74, 6) is 2.05. The second-order valence-corrected chi connectivity index (χ2v) is 6.25. The van der Waals surface area contributed by atoms with Gasteiger partial charge in [0.1, 0.15) is 0 Å². The zero-order valence-corrected chi connectivity index (χ0v) is 18.2. The highest BCUT2D eigenvalue weighted by molar-refractivity contribution is 14.0. The minimum Gasteiger partial charge on any atom is -0.380 e. The third kappa shape index (κ3) is 15.2. The number of nitrogens with one attached hydrogen (secondary N) is 2.